The van der Waals surface area contributed by atoms with E-state index in [9.17, 15) is 13.9 Å². The molecule has 3 aromatic rings. The van der Waals surface area contributed by atoms with E-state index in [1.165, 1.54) is 18.9 Å². The van der Waals surface area contributed by atoms with Crippen molar-refractivity contribution in [2.75, 3.05) is 11.9 Å². The Hall–Kier alpha value is -3.13. The molecule has 0 aliphatic carbocycles. The van der Waals surface area contributed by atoms with Gasteiger partial charge < -0.3 is 15.3 Å². The molecule has 33 heavy (non-hydrogen) atoms. The van der Waals surface area contributed by atoms with E-state index in [1.807, 2.05) is 12.1 Å². The fourth-order valence-corrected chi connectivity index (χ4v) is 5.50. The van der Waals surface area contributed by atoms with Crippen LogP contribution in [0.3, 0.4) is 0 Å². The first kappa shape index (κ1) is 21.7. The maximum absolute atomic E-state index is 13.4. The Morgan fingerprint density at radius 1 is 0.939 bits per heavy atom. The average Bonchev–Trinajstić information content (AvgIpc) is 2.99. The van der Waals surface area contributed by atoms with E-state index in [2.05, 4.69) is 46.3 Å². The number of anilines is 1. The predicted octanol–water partition coefficient (Wildman–Crippen LogP) is 4.69. The number of fused-ring (bicyclic) bond motifs is 2. The van der Waals surface area contributed by atoms with Crippen molar-refractivity contribution in [2.45, 2.75) is 56.7 Å². The number of nitrogens with zero attached hydrogens (tertiary/aromatic N) is 4. The SMILES string of the molecule is CN(c1ccc(-c2ccc(-c3cc(F)nc(F)c3)cc2O)nn1)C1CC2(C)CCC(C)(C1)N2. The highest BCUT2D eigenvalue weighted by Crippen LogP contribution is 2.43. The van der Waals surface area contributed by atoms with Gasteiger partial charge >= 0.3 is 0 Å². The zero-order valence-corrected chi connectivity index (χ0v) is 18.9. The van der Waals surface area contributed by atoms with Crippen molar-refractivity contribution in [2.24, 2.45) is 0 Å². The largest absolute Gasteiger partial charge is 0.507 e. The first-order valence-corrected chi connectivity index (χ1v) is 11.2. The lowest BCUT2D eigenvalue weighted by Gasteiger charge is -2.45. The third-order valence-corrected chi connectivity index (χ3v) is 7.13. The zero-order valence-electron chi connectivity index (χ0n) is 18.9. The minimum Gasteiger partial charge on any atom is -0.507 e. The number of rotatable bonds is 4. The lowest BCUT2D eigenvalue weighted by atomic mass is 9.84. The van der Waals surface area contributed by atoms with Gasteiger partial charge in [-0.25, -0.2) is 0 Å². The number of nitrogens with one attached hydrogen (secondary N) is 1. The molecule has 0 saturated carbocycles. The molecule has 6 nitrogen and oxygen atoms in total. The molecule has 172 valence electrons. The Labute approximate surface area is 191 Å². The van der Waals surface area contributed by atoms with Crippen molar-refractivity contribution in [3.05, 3.63) is 54.4 Å². The van der Waals surface area contributed by atoms with E-state index in [4.69, 9.17) is 0 Å². The molecule has 2 unspecified atom stereocenters. The first-order chi connectivity index (χ1) is 15.6. The van der Waals surface area contributed by atoms with Crippen molar-refractivity contribution in [1.82, 2.24) is 20.5 Å². The standard InChI is InChI=1S/C25H27F2N5O/c1-24-8-9-25(2,31-24)14-17(13-24)32(3)23-7-6-19(29-30-23)18-5-4-15(10-20(18)33)16-11-21(26)28-22(27)12-16/h4-7,10-12,17,31,33H,8-9,13-14H2,1-3H3. The van der Waals surface area contributed by atoms with Crippen LogP contribution < -0.4 is 10.2 Å². The Morgan fingerprint density at radius 3 is 2.18 bits per heavy atom. The van der Waals surface area contributed by atoms with E-state index < -0.39 is 11.9 Å². The molecule has 2 atom stereocenters. The van der Waals surface area contributed by atoms with Gasteiger partial charge in [-0.2, -0.15) is 13.8 Å². The van der Waals surface area contributed by atoms with Crippen LogP contribution in [0, 0.1) is 11.9 Å². The highest BCUT2D eigenvalue weighted by molar-refractivity contribution is 5.74. The van der Waals surface area contributed by atoms with Gasteiger partial charge in [-0.05, 0) is 74.9 Å². The van der Waals surface area contributed by atoms with E-state index in [0.29, 0.717) is 28.4 Å². The predicted molar refractivity (Wildman–Crippen MR) is 123 cm³/mol. The van der Waals surface area contributed by atoms with Crippen LogP contribution in [0.4, 0.5) is 14.6 Å². The van der Waals surface area contributed by atoms with Crippen molar-refractivity contribution in [1.29, 1.82) is 0 Å². The molecule has 8 heteroatoms. The summed E-state index contributed by atoms with van der Waals surface area (Å²) < 4.78 is 26.9. The number of halogens is 2. The highest BCUT2D eigenvalue weighted by atomic mass is 19.1. The molecule has 0 spiro atoms. The molecule has 1 aromatic carbocycles. The fraction of sp³-hybridized carbons (Fsp3) is 0.400. The second-order valence-corrected chi connectivity index (χ2v) is 9.93. The second kappa shape index (κ2) is 7.73. The molecule has 2 aromatic heterocycles. The summed E-state index contributed by atoms with van der Waals surface area (Å²) in [6.45, 7) is 4.60. The van der Waals surface area contributed by atoms with Crippen molar-refractivity contribution < 1.29 is 13.9 Å². The molecule has 0 amide bonds. The zero-order chi connectivity index (χ0) is 23.4. The van der Waals surface area contributed by atoms with E-state index in [0.717, 1.165) is 30.8 Å². The van der Waals surface area contributed by atoms with Crippen molar-refractivity contribution in [3.8, 4) is 28.1 Å². The molecular formula is C25H27F2N5O. The van der Waals surface area contributed by atoms with Crippen LogP contribution in [0.15, 0.2) is 42.5 Å². The van der Waals surface area contributed by atoms with Gasteiger partial charge in [0.2, 0.25) is 11.9 Å². The van der Waals surface area contributed by atoms with Crippen LogP contribution in [0.25, 0.3) is 22.4 Å². The molecule has 2 saturated heterocycles. The molecule has 2 N–H and O–H groups in total. The minimum atomic E-state index is -0.913. The lowest BCUT2D eigenvalue weighted by Crippen LogP contribution is -2.58. The summed E-state index contributed by atoms with van der Waals surface area (Å²) in [5.41, 5.74) is 2.11. The van der Waals surface area contributed by atoms with Crippen molar-refractivity contribution >= 4 is 5.82 Å². The first-order valence-electron chi connectivity index (χ1n) is 11.2. The topological polar surface area (TPSA) is 74.2 Å². The van der Waals surface area contributed by atoms with Crippen LogP contribution in [-0.4, -0.2) is 44.5 Å². The molecular weight excluding hydrogens is 424 g/mol. The van der Waals surface area contributed by atoms with Gasteiger partial charge in [-0.1, -0.05) is 6.07 Å². The molecule has 2 aliphatic heterocycles. The summed E-state index contributed by atoms with van der Waals surface area (Å²) in [6, 6.07) is 11.2. The molecule has 2 fully saturated rings. The Bertz CT molecular complexity index is 1170. The van der Waals surface area contributed by atoms with Crippen LogP contribution in [0.2, 0.25) is 0 Å². The number of aromatic nitrogens is 3. The molecule has 2 aliphatic rings. The average molecular weight is 452 g/mol. The summed E-state index contributed by atoms with van der Waals surface area (Å²) in [5.74, 6) is -1.08. The third kappa shape index (κ3) is 4.15. The number of phenols is 1. The fourth-order valence-electron chi connectivity index (χ4n) is 5.50. The smallest absolute Gasteiger partial charge is 0.216 e. The third-order valence-electron chi connectivity index (χ3n) is 7.13. The maximum atomic E-state index is 13.4. The molecule has 2 bridgehead atoms. The molecule has 0 radical (unpaired) electrons. The van der Waals surface area contributed by atoms with Gasteiger partial charge in [0.25, 0.3) is 0 Å². The number of piperidine rings is 1. The van der Waals surface area contributed by atoms with Gasteiger partial charge in [0.15, 0.2) is 5.82 Å². The van der Waals surface area contributed by atoms with E-state index in [1.54, 1.807) is 12.1 Å². The maximum Gasteiger partial charge on any atom is 0.216 e. The quantitative estimate of drug-likeness (QED) is 0.561. The van der Waals surface area contributed by atoms with Gasteiger partial charge in [-0.15, -0.1) is 10.2 Å². The lowest BCUT2D eigenvalue weighted by molar-refractivity contribution is 0.207. The number of hydrogen-bond donors (Lipinski definition) is 2. The monoisotopic (exact) mass is 451 g/mol. The van der Waals surface area contributed by atoms with E-state index >= 15 is 0 Å². The normalized spacial score (nSPS) is 26.4. The molecule has 4 heterocycles. The Kier molecular flexibility index (Phi) is 5.08. The number of pyridine rings is 1. The van der Waals surface area contributed by atoms with Gasteiger partial charge in [0.05, 0.1) is 5.69 Å². The summed E-state index contributed by atoms with van der Waals surface area (Å²) in [7, 11) is 2.06. The van der Waals surface area contributed by atoms with Crippen LogP contribution in [0.5, 0.6) is 5.75 Å². The summed E-state index contributed by atoms with van der Waals surface area (Å²) in [4.78, 5) is 5.30. The summed E-state index contributed by atoms with van der Waals surface area (Å²) >= 11 is 0. The van der Waals surface area contributed by atoms with Gasteiger partial charge in [-0.3, -0.25) is 0 Å². The van der Waals surface area contributed by atoms with Crippen LogP contribution >= 0.6 is 0 Å². The number of hydrogen-bond acceptors (Lipinski definition) is 6. The van der Waals surface area contributed by atoms with Gasteiger partial charge in [0, 0.05) is 41.9 Å². The van der Waals surface area contributed by atoms with Crippen molar-refractivity contribution in [3.63, 3.8) is 0 Å². The summed E-state index contributed by atoms with van der Waals surface area (Å²) in [6.07, 6.45) is 4.49. The Morgan fingerprint density at radius 2 is 1.61 bits per heavy atom. The number of benzene rings is 1. The van der Waals surface area contributed by atoms with Gasteiger partial charge in [0.1, 0.15) is 5.75 Å². The number of aromatic hydroxyl groups is 1. The minimum absolute atomic E-state index is 0.0451. The Balaban J connectivity index is 1.36. The van der Waals surface area contributed by atoms with E-state index in [-0.39, 0.29) is 16.8 Å². The number of phenolic OH excluding ortho intramolecular Hbond substituents is 1. The van der Waals surface area contributed by atoms with Crippen LogP contribution in [0.1, 0.15) is 39.5 Å². The molecule has 5 rings (SSSR count). The van der Waals surface area contributed by atoms with Crippen LogP contribution in [-0.2, 0) is 0 Å². The summed E-state index contributed by atoms with van der Waals surface area (Å²) in [5, 5.41) is 23.1. The highest BCUT2D eigenvalue weighted by Gasteiger charge is 2.49. The second-order valence-electron chi connectivity index (χ2n) is 9.93.